The second-order valence-corrected chi connectivity index (χ2v) is 2.51. The lowest BCUT2D eigenvalue weighted by atomic mass is 10.3. The molecule has 0 aliphatic carbocycles. The van der Waals surface area contributed by atoms with Crippen molar-refractivity contribution in [2.45, 2.75) is 0 Å². The topological polar surface area (TPSA) is 52.6 Å². The van der Waals surface area contributed by atoms with Crippen molar-refractivity contribution in [2.24, 2.45) is 0 Å². The van der Waals surface area contributed by atoms with Crippen LogP contribution < -0.4 is 5.32 Å². The number of carbonyl (C=O) groups is 1. The smallest absolute Gasteiger partial charge is 0.249 e. The van der Waals surface area contributed by atoms with E-state index in [1.165, 1.54) is 0 Å². The number of nitrogens with one attached hydrogen (secondary N) is 1. The van der Waals surface area contributed by atoms with Gasteiger partial charge in [0.2, 0.25) is 5.91 Å². The zero-order chi connectivity index (χ0) is 8.85. The van der Waals surface area contributed by atoms with Crippen LogP contribution in [0.15, 0.2) is 12.2 Å². The van der Waals surface area contributed by atoms with E-state index in [9.17, 15) is 4.79 Å². The lowest BCUT2D eigenvalue weighted by Crippen LogP contribution is -2.34. The molecule has 1 amide bonds. The zero-order valence-corrected chi connectivity index (χ0v) is 6.92. The molecule has 4 nitrogen and oxygen atoms in total. The Hall–Kier alpha value is -0.870. The van der Waals surface area contributed by atoms with Crippen LogP contribution in [0.1, 0.15) is 0 Å². The number of aliphatic hydroxyl groups is 1. The van der Waals surface area contributed by atoms with Gasteiger partial charge >= 0.3 is 0 Å². The molecule has 0 rings (SSSR count). The van der Waals surface area contributed by atoms with Crippen LogP contribution in [-0.4, -0.2) is 43.3 Å². The molecular weight excluding hydrogens is 144 g/mol. The fourth-order valence-electron chi connectivity index (χ4n) is 0.427. The van der Waals surface area contributed by atoms with Gasteiger partial charge in [-0.25, -0.2) is 0 Å². The highest BCUT2D eigenvalue weighted by molar-refractivity contribution is 5.92. The van der Waals surface area contributed by atoms with Gasteiger partial charge in [-0.1, -0.05) is 6.58 Å². The van der Waals surface area contributed by atoms with Gasteiger partial charge in [-0.15, -0.1) is 0 Å². The molecule has 0 atom stereocenters. The molecular formula is C7H14N2O2. The quantitative estimate of drug-likeness (QED) is 0.415. The van der Waals surface area contributed by atoms with Crippen LogP contribution in [0, 0.1) is 0 Å². The van der Waals surface area contributed by atoms with E-state index in [-0.39, 0.29) is 18.1 Å². The van der Waals surface area contributed by atoms with Crippen molar-refractivity contribution in [3.05, 3.63) is 12.2 Å². The van der Waals surface area contributed by atoms with Crippen LogP contribution in [0.5, 0.6) is 0 Å². The molecule has 0 aliphatic rings. The maximum Gasteiger partial charge on any atom is 0.249 e. The molecule has 2 N–H and O–H groups in total. The summed E-state index contributed by atoms with van der Waals surface area (Å²) < 4.78 is 0. The standard InChI is InChI=1S/C7H14N2O2/c1-6(4-10)7(11)8-5-9(2)3/h10H,1,4-5H2,2-3H3,(H,8,11). The third-order valence-corrected chi connectivity index (χ3v) is 1.07. The molecule has 4 heteroatoms. The first-order valence-electron chi connectivity index (χ1n) is 3.29. The summed E-state index contributed by atoms with van der Waals surface area (Å²) in [5.74, 6) is -0.304. The fraction of sp³-hybridized carbons (Fsp3) is 0.571. The van der Waals surface area contributed by atoms with Gasteiger partial charge in [-0.05, 0) is 14.1 Å². The minimum atomic E-state index is -0.304. The van der Waals surface area contributed by atoms with Crippen LogP contribution in [0.3, 0.4) is 0 Å². The van der Waals surface area contributed by atoms with Gasteiger partial charge in [-0.3, -0.25) is 9.69 Å². The Kier molecular flexibility index (Phi) is 4.49. The molecule has 0 fully saturated rings. The molecule has 64 valence electrons. The minimum absolute atomic E-state index is 0.187. The van der Waals surface area contributed by atoms with Crippen LogP contribution >= 0.6 is 0 Å². The minimum Gasteiger partial charge on any atom is -0.391 e. The van der Waals surface area contributed by atoms with Crippen LogP contribution in [0.4, 0.5) is 0 Å². The maximum absolute atomic E-state index is 10.9. The number of hydrogen-bond acceptors (Lipinski definition) is 3. The lowest BCUT2D eigenvalue weighted by Gasteiger charge is -2.10. The summed E-state index contributed by atoms with van der Waals surface area (Å²) in [7, 11) is 3.67. The number of nitrogens with zero attached hydrogens (tertiary/aromatic N) is 1. The highest BCUT2D eigenvalue weighted by Crippen LogP contribution is 1.85. The Morgan fingerprint density at radius 3 is 2.55 bits per heavy atom. The van der Waals surface area contributed by atoms with Gasteiger partial charge in [0, 0.05) is 5.57 Å². The fourth-order valence-corrected chi connectivity index (χ4v) is 0.427. The molecule has 0 bridgehead atoms. The lowest BCUT2D eigenvalue weighted by molar-refractivity contribution is -0.118. The number of hydrogen-bond donors (Lipinski definition) is 2. The van der Waals surface area contributed by atoms with Crippen LogP contribution in [0.25, 0.3) is 0 Å². The van der Waals surface area contributed by atoms with E-state index in [1.807, 2.05) is 19.0 Å². The summed E-state index contributed by atoms with van der Waals surface area (Å²) in [5.41, 5.74) is 0.187. The number of carbonyl (C=O) groups excluding carboxylic acids is 1. The van der Waals surface area contributed by atoms with Gasteiger partial charge in [-0.2, -0.15) is 0 Å². The maximum atomic E-state index is 10.9. The Morgan fingerprint density at radius 2 is 2.18 bits per heavy atom. The molecule has 0 aromatic heterocycles. The SMILES string of the molecule is C=C(CO)C(=O)NCN(C)C. The monoisotopic (exact) mass is 158 g/mol. The van der Waals surface area contributed by atoms with E-state index in [0.29, 0.717) is 6.67 Å². The van der Waals surface area contributed by atoms with Crippen molar-refractivity contribution in [1.29, 1.82) is 0 Å². The number of amides is 1. The van der Waals surface area contributed by atoms with Gasteiger partial charge < -0.3 is 10.4 Å². The van der Waals surface area contributed by atoms with E-state index < -0.39 is 0 Å². The van der Waals surface area contributed by atoms with Crippen molar-refractivity contribution in [1.82, 2.24) is 10.2 Å². The summed E-state index contributed by atoms with van der Waals surface area (Å²) >= 11 is 0. The largest absolute Gasteiger partial charge is 0.391 e. The Balaban J connectivity index is 3.61. The first-order chi connectivity index (χ1) is 5.07. The Labute approximate surface area is 66.5 Å². The molecule has 0 aromatic carbocycles. The highest BCUT2D eigenvalue weighted by atomic mass is 16.3. The Bertz CT molecular complexity index is 155. The molecule has 0 unspecified atom stereocenters. The van der Waals surface area contributed by atoms with E-state index in [2.05, 4.69) is 11.9 Å². The van der Waals surface area contributed by atoms with E-state index >= 15 is 0 Å². The van der Waals surface area contributed by atoms with Crippen LogP contribution in [-0.2, 0) is 4.79 Å². The summed E-state index contributed by atoms with van der Waals surface area (Å²) in [5, 5.41) is 11.1. The van der Waals surface area contributed by atoms with E-state index in [0.717, 1.165) is 0 Å². The summed E-state index contributed by atoms with van der Waals surface area (Å²) in [6.07, 6.45) is 0. The average Bonchev–Trinajstić information content (AvgIpc) is 1.98. The zero-order valence-electron chi connectivity index (χ0n) is 6.92. The predicted molar refractivity (Wildman–Crippen MR) is 42.9 cm³/mol. The van der Waals surface area contributed by atoms with Crippen molar-refractivity contribution in [3.8, 4) is 0 Å². The van der Waals surface area contributed by atoms with Crippen molar-refractivity contribution in [2.75, 3.05) is 27.4 Å². The second kappa shape index (κ2) is 4.87. The normalized spacial score (nSPS) is 9.82. The van der Waals surface area contributed by atoms with Gasteiger partial charge in [0.05, 0.1) is 13.3 Å². The molecule has 0 saturated heterocycles. The first kappa shape index (κ1) is 10.1. The molecule has 0 spiro atoms. The third kappa shape index (κ3) is 4.52. The van der Waals surface area contributed by atoms with Crippen molar-refractivity contribution < 1.29 is 9.90 Å². The average molecular weight is 158 g/mol. The third-order valence-electron chi connectivity index (χ3n) is 1.07. The molecule has 0 saturated carbocycles. The van der Waals surface area contributed by atoms with E-state index in [1.54, 1.807) is 0 Å². The molecule has 11 heavy (non-hydrogen) atoms. The van der Waals surface area contributed by atoms with Gasteiger partial charge in [0.15, 0.2) is 0 Å². The summed E-state index contributed by atoms with van der Waals surface area (Å²) in [6, 6.07) is 0. The number of rotatable bonds is 4. The van der Waals surface area contributed by atoms with Crippen LogP contribution in [0.2, 0.25) is 0 Å². The molecule has 0 aromatic rings. The van der Waals surface area contributed by atoms with Gasteiger partial charge in [0.1, 0.15) is 0 Å². The molecule has 0 aliphatic heterocycles. The molecule has 0 heterocycles. The van der Waals surface area contributed by atoms with Crippen molar-refractivity contribution >= 4 is 5.91 Å². The summed E-state index contributed by atoms with van der Waals surface area (Å²) in [6.45, 7) is 3.53. The van der Waals surface area contributed by atoms with E-state index in [4.69, 9.17) is 5.11 Å². The molecule has 0 radical (unpaired) electrons. The number of aliphatic hydroxyl groups excluding tert-OH is 1. The highest BCUT2D eigenvalue weighted by Gasteiger charge is 2.03. The second-order valence-electron chi connectivity index (χ2n) is 2.51. The summed E-state index contributed by atoms with van der Waals surface area (Å²) in [4.78, 5) is 12.7. The Morgan fingerprint density at radius 1 is 1.64 bits per heavy atom. The van der Waals surface area contributed by atoms with Crippen molar-refractivity contribution in [3.63, 3.8) is 0 Å². The van der Waals surface area contributed by atoms with Gasteiger partial charge in [0.25, 0.3) is 0 Å². The first-order valence-corrected chi connectivity index (χ1v) is 3.29. The predicted octanol–water partition coefficient (Wildman–Crippen LogP) is -0.830.